The quantitative estimate of drug-likeness (QED) is 0.635. The van der Waals surface area contributed by atoms with Gasteiger partial charge in [-0.3, -0.25) is 9.05 Å². The van der Waals surface area contributed by atoms with Crippen molar-refractivity contribution in [1.29, 1.82) is 0 Å². The number of likely N-dealkylation sites (N-methyl/N-ethyl adjacent to an activating group) is 1. The first kappa shape index (κ1) is 12.1. The first-order valence-corrected chi connectivity index (χ1v) is 5.24. The van der Waals surface area contributed by atoms with Gasteiger partial charge in [0.1, 0.15) is 0 Å². The highest BCUT2D eigenvalue weighted by Crippen LogP contribution is 2.42. The average Bonchev–Trinajstić information content (AvgIpc) is 1.85. The topological polar surface area (TPSA) is 59.0 Å². The van der Waals surface area contributed by atoms with E-state index >= 15 is 0 Å². The van der Waals surface area contributed by atoms with Crippen LogP contribution in [0.3, 0.4) is 0 Å². The zero-order valence-electron chi connectivity index (χ0n) is 7.69. The van der Waals surface area contributed by atoms with E-state index < -0.39 is 7.82 Å². The van der Waals surface area contributed by atoms with Gasteiger partial charge in [-0.05, 0) is 21.0 Å². The number of nitrogens with zero attached hydrogens (tertiary/aromatic N) is 1. The molecule has 0 fully saturated rings. The lowest BCUT2D eigenvalue weighted by Crippen LogP contribution is -2.17. The maximum Gasteiger partial charge on any atom is 0.472 e. The van der Waals surface area contributed by atoms with Crippen LogP contribution in [0.25, 0.3) is 0 Å². The van der Waals surface area contributed by atoms with Gasteiger partial charge in [0.2, 0.25) is 0 Å². The van der Waals surface area contributed by atoms with Gasteiger partial charge in [0.25, 0.3) is 0 Å². The summed E-state index contributed by atoms with van der Waals surface area (Å²) < 4.78 is 20.0. The van der Waals surface area contributed by atoms with E-state index in [1.807, 2.05) is 19.0 Å². The van der Waals surface area contributed by atoms with Gasteiger partial charge in [0.15, 0.2) is 0 Å². The monoisotopic (exact) mass is 197 g/mol. The highest BCUT2D eigenvalue weighted by Gasteiger charge is 2.18. The molecular formula is C6H16NO4P. The molecule has 0 spiro atoms. The zero-order chi connectivity index (χ0) is 9.61. The van der Waals surface area contributed by atoms with Crippen molar-refractivity contribution in [1.82, 2.24) is 4.90 Å². The lowest BCUT2D eigenvalue weighted by Gasteiger charge is -2.13. The molecule has 0 aromatic carbocycles. The van der Waals surface area contributed by atoms with Crippen LogP contribution in [0.4, 0.5) is 0 Å². The second-order valence-corrected chi connectivity index (χ2v) is 3.98. The van der Waals surface area contributed by atoms with Gasteiger partial charge in [-0.25, -0.2) is 4.57 Å². The molecule has 0 saturated carbocycles. The summed E-state index contributed by atoms with van der Waals surface area (Å²) in [6, 6.07) is 0. The van der Waals surface area contributed by atoms with Gasteiger partial charge in [-0.1, -0.05) is 0 Å². The van der Waals surface area contributed by atoms with Crippen LogP contribution in [0.1, 0.15) is 6.92 Å². The molecule has 0 bridgehead atoms. The predicted molar refractivity (Wildman–Crippen MR) is 46.0 cm³/mol. The molecule has 0 aliphatic heterocycles. The Hall–Kier alpha value is 0.0700. The van der Waals surface area contributed by atoms with Crippen LogP contribution >= 0.6 is 7.82 Å². The molecular weight excluding hydrogens is 181 g/mol. The van der Waals surface area contributed by atoms with Gasteiger partial charge >= 0.3 is 7.82 Å². The van der Waals surface area contributed by atoms with Crippen molar-refractivity contribution in [3.63, 3.8) is 0 Å². The molecule has 0 heterocycles. The van der Waals surface area contributed by atoms with Gasteiger partial charge < -0.3 is 9.79 Å². The van der Waals surface area contributed by atoms with E-state index in [9.17, 15) is 4.57 Å². The van der Waals surface area contributed by atoms with Crippen LogP contribution in [0.2, 0.25) is 0 Å². The standard InChI is InChI=1S/C6H16NO4P/c1-4-10-12(8,9)11-6-5-7(2)3/h4-6H2,1-3H3,(H,8,9). The van der Waals surface area contributed by atoms with E-state index in [1.54, 1.807) is 6.92 Å². The Morgan fingerprint density at radius 1 is 1.42 bits per heavy atom. The summed E-state index contributed by atoms with van der Waals surface area (Å²) in [5, 5.41) is 0. The molecule has 0 radical (unpaired) electrons. The molecule has 1 unspecified atom stereocenters. The normalized spacial score (nSPS) is 16.4. The van der Waals surface area contributed by atoms with E-state index in [0.29, 0.717) is 6.54 Å². The van der Waals surface area contributed by atoms with Crippen molar-refractivity contribution < 1.29 is 18.5 Å². The summed E-state index contributed by atoms with van der Waals surface area (Å²) in [6.07, 6.45) is 0. The van der Waals surface area contributed by atoms with Gasteiger partial charge in [-0.2, -0.15) is 0 Å². The third-order valence-corrected chi connectivity index (χ3v) is 2.18. The molecule has 0 aromatic heterocycles. The fourth-order valence-electron chi connectivity index (χ4n) is 0.539. The SMILES string of the molecule is CCOP(=O)(O)OCCN(C)C. The van der Waals surface area contributed by atoms with Crippen molar-refractivity contribution in [3.05, 3.63) is 0 Å². The third kappa shape index (κ3) is 6.76. The number of hydrogen-bond acceptors (Lipinski definition) is 4. The van der Waals surface area contributed by atoms with Gasteiger partial charge in [-0.15, -0.1) is 0 Å². The van der Waals surface area contributed by atoms with Crippen LogP contribution in [0.5, 0.6) is 0 Å². The molecule has 0 aromatic rings. The lowest BCUT2D eigenvalue weighted by molar-refractivity contribution is 0.145. The average molecular weight is 197 g/mol. The molecule has 0 aliphatic rings. The largest absolute Gasteiger partial charge is 0.472 e. The highest BCUT2D eigenvalue weighted by molar-refractivity contribution is 7.47. The molecule has 0 aliphatic carbocycles. The summed E-state index contributed by atoms with van der Waals surface area (Å²) in [6.45, 7) is 2.60. The summed E-state index contributed by atoms with van der Waals surface area (Å²) in [5.41, 5.74) is 0. The summed E-state index contributed by atoms with van der Waals surface area (Å²) in [4.78, 5) is 10.8. The molecule has 74 valence electrons. The fraction of sp³-hybridized carbons (Fsp3) is 1.00. The van der Waals surface area contributed by atoms with Crippen molar-refractivity contribution in [2.24, 2.45) is 0 Å². The van der Waals surface area contributed by atoms with E-state index in [-0.39, 0.29) is 13.2 Å². The predicted octanol–water partition coefficient (Wildman–Crippen LogP) is 0.702. The van der Waals surface area contributed by atoms with Crippen LogP contribution in [0.15, 0.2) is 0 Å². The Labute approximate surface area is 72.9 Å². The first-order chi connectivity index (χ1) is 5.48. The third-order valence-electron chi connectivity index (χ3n) is 1.09. The summed E-state index contributed by atoms with van der Waals surface area (Å²) in [7, 11) is -0.0684. The van der Waals surface area contributed by atoms with Crippen LogP contribution < -0.4 is 0 Å². The summed E-state index contributed by atoms with van der Waals surface area (Å²) in [5.74, 6) is 0. The Balaban J connectivity index is 3.54. The fourth-order valence-corrected chi connectivity index (χ4v) is 1.25. The van der Waals surface area contributed by atoms with Crippen molar-refractivity contribution in [3.8, 4) is 0 Å². The van der Waals surface area contributed by atoms with E-state index in [4.69, 9.17) is 4.89 Å². The molecule has 5 nitrogen and oxygen atoms in total. The zero-order valence-corrected chi connectivity index (χ0v) is 8.58. The van der Waals surface area contributed by atoms with Gasteiger partial charge in [0, 0.05) is 6.54 Å². The molecule has 0 amide bonds. The molecule has 12 heavy (non-hydrogen) atoms. The van der Waals surface area contributed by atoms with E-state index in [0.717, 1.165) is 0 Å². The van der Waals surface area contributed by atoms with Gasteiger partial charge in [0.05, 0.1) is 13.2 Å². The molecule has 1 N–H and O–H groups in total. The maximum absolute atomic E-state index is 10.9. The Morgan fingerprint density at radius 3 is 2.42 bits per heavy atom. The Bertz CT molecular complexity index is 162. The van der Waals surface area contributed by atoms with Crippen LogP contribution in [-0.2, 0) is 13.6 Å². The van der Waals surface area contributed by atoms with Crippen LogP contribution in [0, 0.1) is 0 Å². The van der Waals surface area contributed by atoms with E-state index in [2.05, 4.69) is 9.05 Å². The number of phosphoric ester groups is 1. The molecule has 1 atom stereocenters. The van der Waals surface area contributed by atoms with Crippen molar-refractivity contribution in [2.75, 3.05) is 33.9 Å². The highest BCUT2D eigenvalue weighted by atomic mass is 31.2. The van der Waals surface area contributed by atoms with Crippen LogP contribution in [-0.4, -0.2) is 43.6 Å². The second-order valence-electron chi connectivity index (χ2n) is 2.52. The number of phosphoric acid groups is 1. The number of rotatable bonds is 6. The Morgan fingerprint density at radius 2 is 2.00 bits per heavy atom. The minimum atomic E-state index is -3.78. The van der Waals surface area contributed by atoms with E-state index in [1.165, 1.54) is 0 Å². The maximum atomic E-state index is 10.9. The minimum absolute atomic E-state index is 0.176. The molecule has 0 rings (SSSR count). The van der Waals surface area contributed by atoms with Crippen molar-refractivity contribution in [2.45, 2.75) is 6.92 Å². The first-order valence-electron chi connectivity index (χ1n) is 3.74. The summed E-state index contributed by atoms with van der Waals surface area (Å²) >= 11 is 0. The number of hydrogen-bond donors (Lipinski definition) is 1. The smallest absolute Gasteiger partial charge is 0.307 e. The van der Waals surface area contributed by atoms with Crippen molar-refractivity contribution >= 4 is 7.82 Å². The molecule has 0 saturated heterocycles. The Kier molecular flexibility index (Phi) is 5.70. The molecule has 6 heteroatoms. The second kappa shape index (κ2) is 5.67. The minimum Gasteiger partial charge on any atom is -0.307 e. The lowest BCUT2D eigenvalue weighted by atomic mass is 10.6.